The number of nitrogens with two attached hydrogens (primary N) is 1. The number of rotatable bonds is 2. The lowest BCUT2D eigenvalue weighted by atomic mass is 10.1. The molecule has 4 heteroatoms. The lowest BCUT2D eigenvalue weighted by Gasteiger charge is -2.13. The van der Waals surface area contributed by atoms with Crippen LogP contribution in [-0.2, 0) is 0 Å². The Labute approximate surface area is 89.4 Å². The Bertz CT molecular complexity index is 410. The molecule has 0 spiro atoms. The molecular formula is C11H15N3O. The highest BCUT2D eigenvalue weighted by atomic mass is 16.2. The topological polar surface area (TPSA) is 59.2 Å². The Kier molecular flexibility index (Phi) is 3.09. The molecule has 1 amide bonds. The fourth-order valence-corrected chi connectivity index (χ4v) is 1.23. The van der Waals surface area contributed by atoms with E-state index in [1.807, 2.05) is 6.92 Å². The fourth-order valence-electron chi connectivity index (χ4n) is 1.23. The van der Waals surface area contributed by atoms with Crippen molar-refractivity contribution in [3.05, 3.63) is 30.1 Å². The van der Waals surface area contributed by atoms with E-state index in [1.54, 1.807) is 26.4 Å². The molecule has 0 aliphatic rings. The summed E-state index contributed by atoms with van der Waals surface area (Å²) in [6.45, 7) is 5.64. The SMILES string of the molecule is C=C(C)c1ccnc(C(=O)N(C)C)c1N. The van der Waals surface area contributed by atoms with Gasteiger partial charge in [0.25, 0.3) is 5.91 Å². The van der Waals surface area contributed by atoms with Gasteiger partial charge in [-0.25, -0.2) is 4.98 Å². The summed E-state index contributed by atoms with van der Waals surface area (Å²) in [5.41, 5.74) is 8.12. The molecule has 1 heterocycles. The quantitative estimate of drug-likeness (QED) is 0.793. The summed E-state index contributed by atoms with van der Waals surface area (Å²) in [6.07, 6.45) is 1.57. The van der Waals surface area contributed by atoms with Crippen LogP contribution in [0.4, 0.5) is 5.69 Å². The maximum Gasteiger partial charge on any atom is 0.274 e. The van der Waals surface area contributed by atoms with Crippen molar-refractivity contribution in [2.24, 2.45) is 0 Å². The van der Waals surface area contributed by atoms with Crippen LogP contribution in [0.2, 0.25) is 0 Å². The van der Waals surface area contributed by atoms with Crippen molar-refractivity contribution in [2.45, 2.75) is 6.92 Å². The number of anilines is 1. The normalized spacial score (nSPS) is 9.80. The van der Waals surface area contributed by atoms with Crippen molar-refractivity contribution in [2.75, 3.05) is 19.8 Å². The molecule has 0 aromatic carbocycles. The summed E-state index contributed by atoms with van der Waals surface area (Å²) in [5, 5.41) is 0. The van der Waals surface area contributed by atoms with Crippen molar-refractivity contribution >= 4 is 17.2 Å². The van der Waals surface area contributed by atoms with Crippen LogP contribution >= 0.6 is 0 Å². The van der Waals surface area contributed by atoms with Crippen molar-refractivity contribution in [3.8, 4) is 0 Å². The third kappa shape index (κ3) is 2.15. The summed E-state index contributed by atoms with van der Waals surface area (Å²) in [7, 11) is 3.33. The predicted octanol–water partition coefficient (Wildman–Crippen LogP) is 1.40. The van der Waals surface area contributed by atoms with Crippen LogP contribution < -0.4 is 5.73 Å². The molecule has 4 nitrogen and oxygen atoms in total. The van der Waals surface area contributed by atoms with Crippen LogP contribution in [-0.4, -0.2) is 29.9 Å². The molecule has 1 aromatic heterocycles. The summed E-state index contributed by atoms with van der Waals surface area (Å²) in [4.78, 5) is 17.1. The van der Waals surface area contributed by atoms with Crippen LogP contribution in [0.1, 0.15) is 23.0 Å². The molecule has 0 saturated carbocycles. The number of nitrogens with zero attached hydrogens (tertiary/aromatic N) is 2. The van der Waals surface area contributed by atoms with Crippen molar-refractivity contribution in [3.63, 3.8) is 0 Å². The van der Waals surface area contributed by atoms with Gasteiger partial charge in [0.1, 0.15) is 0 Å². The highest BCUT2D eigenvalue weighted by Gasteiger charge is 2.15. The van der Waals surface area contributed by atoms with Gasteiger partial charge in [-0.15, -0.1) is 0 Å². The van der Waals surface area contributed by atoms with E-state index in [4.69, 9.17) is 5.73 Å². The van der Waals surface area contributed by atoms with Crippen LogP contribution in [0.15, 0.2) is 18.8 Å². The Balaban J connectivity index is 3.27. The Morgan fingerprint density at radius 3 is 2.60 bits per heavy atom. The molecule has 0 unspecified atom stereocenters. The Morgan fingerprint density at radius 1 is 1.53 bits per heavy atom. The first-order valence-electron chi connectivity index (χ1n) is 4.57. The predicted molar refractivity (Wildman–Crippen MR) is 61.4 cm³/mol. The van der Waals surface area contributed by atoms with Gasteiger partial charge in [0.05, 0.1) is 5.69 Å². The summed E-state index contributed by atoms with van der Waals surface area (Å²) in [6, 6.07) is 1.75. The van der Waals surface area contributed by atoms with Gasteiger partial charge in [-0.05, 0) is 18.6 Å². The Hall–Kier alpha value is -1.84. The highest BCUT2D eigenvalue weighted by Crippen LogP contribution is 2.22. The van der Waals surface area contributed by atoms with Gasteiger partial charge in [-0.3, -0.25) is 4.79 Å². The first kappa shape index (κ1) is 11.2. The van der Waals surface area contributed by atoms with E-state index in [9.17, 15) is 4.79 Å². The number of allylic oxidation sites excluding steroid dienone is 1. The van der Waals surface area contributed by atoms with Gasteiger partial charge in [-0.2, -0.15) is 0 Å². The number of amides is 1. The van der Waals surface area contributed by atoms with Gasteiger partial charge in [-0.1, -0.05) is 6.58 Å². The van der Waals surface area contributed by atoms with Gasteiger partial charge in [0.2, 0.25) is 0 Å². The third-order valence-electron chi connectivity index (χ3n) is 2.06. The third-order valence-corrected chi connectivity index (χ3v) is 2.06. The maximum atomic E-state index is 11.7. The van der Waals surface area contributed by atoms with E-state index in [1.165, 1.54) is 4.90 Å². The summed E-state index contributed by atoms with van der Waals surface area (Å²) in [5.74, 6) is -0.199. The standard InChI is InChI=1S/C11H15N3O/c1-7(2)8-5-6-13-10(9(8)12)11(15)14(3)4/h5-6H,1,12H2,2-4H3. The second-order valence-electron chi connectivity index (χ2n) is 3.60. The van der Waals surface area contributed by atoms with Crippen LogP contribution in [0.3, 0.4) is 0 Å². The number of nitrogen functional groups attached to an aromatic ring is 1. The highest BCUT2D eigenvalue weighted by molar-refractivity contribution is 5.99. The molecule has 2 N–H and O–H groups in total. The molecule has 80 valence electrons. The number of hydrogen-bond acceptors (Lipinski definition) is 3. The monoisotopic (exact) mass is 205 g/mol. The van der Waals surface area contributed by atoms with E-state index < -0.39 is 0 Å². The second-order valence-corrected chi connectivity index (χ2v) is 3.60. The molecule has 0 bridgehead atoms. The average Bonchev–Trinajstić information content (AvgIpc) is 2.16. The minimum absolute atomic E-state index is 0.199. The van der Waals surface area contributed by atoms with Crippen LogP contribution in [0.5, 0.6) is 0 Å². The Morgan fingerprint density at radius 2 is 2.13 bits per heavy atom. The fraction of sp³-hybridized carbons (Fsp3) is 0.273. The molecule has 0 saturated heterocycles. The number of pyridine rings is 1. The average molecular weight is 205 g/mol. The molecule has 0 aliphatic carbocycles. The molecule has 0 aliphatic heterocycles. The van der Waals surface area contributed by atoms with Crippen molar-refractivity contribution in [1.82, 2.24) is 9.88 Å². The number of aromatic nitrogens is 1. The lowest BCUT2D eigenvalue weighted by molar-refractivity contribution is 0.0823. The van der Waals surface area contributed by atoms with Crippen LogP contribution in [0, 0.1) is 0 Å². The molecule has 1 aromatic rings. The smallest absolute Gasteiger partial charge is 0.274 e. The number of carbonyl (C=O) groups is 1. The van der Waals surface area contributed by atoms with Crippen molar-refractivity contribution in [1.29, 1.82) is 0 Å². The van der Waals surface area contributed by atoms with E-state index in [0.717, 1.165) is 11.1 Å². The largest absolute Gasteiger partial charge is 0.396 e. The second kappa shape index (κ2) is 4.13. The minimum Gasteiger partial charge on any atom is -0.396 e. The van der Waals surface area contributed by atoms with Gasteiger partial charge in [0, 0.05) is 25.9 Å². The summed E-state index contributed by atoms with van der Waals surface area (Å²) >= 11 is 0. The zero-order chi connectivity index (χ0) is 11.6. The van der Waals surface area contributed by atoms with Gasteiger partial charge < -0.3 is 10.6 Å². The van der Waals surface area contributed by atoms with E-state index >= 15 is 0 Å². The van der Waals surface area contributed by atoms with Gasteiger partial charge >= 0.3 is 0 Å². The molecule has 0 radical (unpaired) electrons. The van der Waals surface area contributed by atoms with Crippen LogP contribution in [0.25, 0.3) is 5.57 Å². The van der Waals surface area contributed by atoms with Crippen molar-refractivity contribution < 1.29 is 4.79 Å². The van der Waals surface area contributed by atoms with E-state index in [-0.39, 0.29) is 11.6 Å². The van der Waals surface area contributed by atoms with Gasteiger partial charge in [0.15, 0.2) is 5.69 Å². The first-order chi connectivity index (χ1) is 6.95. The molecule has 0 fully saturated rings. The first-order valence-corrected chi connectivity index (χ1v) is 4.57. The summed E-state index contributed by atoms with van der Waals surface area (Å²) < 4.78 is 0. The molecular weight excluding hydrogens is 190 g/mol. The zero-order valence-electron chi connectivity index (χ0n) is 9.24. The molecule has 1 rings (SSSR count). The zero-order valence-corrected chi connectivity index (χ0v) is 9.24. The lowest BCUT2D eigenvalue weighted by Crippen LogP contribution is -2.24. The molecule has 15 heavy (non-hydrogen) atoms. The molecule has 0 atom stereocenters. The minimum atomic E-state index is -0.199. The van der Waals surface area contributed by atoms with E-state index in [0.29, 0.717) is 5.69 Å². The maximum absolute atomic E-state index is 11.7. The number of hydrogen-bond donors (Lipinski definition) is 1. The number of carbonyl (C=O) groups excluding carboxylic acids is 1. The van der Waals surface area contributed by atoms with E-state index in [2.05, 4.69) is 11.6 Å².